The summed E-state index contributed by atoms with van der Waals surface area (Å²) in [6, 6.07) is 15.7. The van der Waals surface area contributed by atoms with Gasteiger partial charge in [0.2, 0.25) is 0 Å². The normalized spacial score (nSPS) is 15.4. The number of nitrogens with two attached hydrogens (primary N) is 2. The van der Waals surface area contributed by atoms with E-state index in [9.17, 15) is 0 Å². The van der Waals surface area contributed by atoms with Crippen LogP contribution in [0.4, 0.5) is 0 Å². The number of hydrogen-bond acceptors (Lipinski definition) is 7. The smallest absolute Gasteiger partial charge is 0.170 e. The van der Waals surface area contributed by atoms with Crippen molar-refractivity contribution in [3.8, 4) is 22.8 Å². The molecule has 0 radical (unpaired) electrons. The number of thiazole rings is 1. The lowest BCUT2D eigenvalue weighted by Gasteiger charge is -2.27. The predicted octanol–water partition coefficient (Wildman–Crippen LogP) is 6.29. The average molecular weight is 537 g/mol. The number of ether oxygens (including phenoxy) is 2. The van der Waals surface area contributed by atoms with Crippen molar-refractivity contribution in [2.24, 2.45) is 22.5 Å². The Morgan fingerprint density at radius 2 is 1.58 bits per heavy atom. The van der Waals surface area contributed by atoms with Gasteiger partial charge in [-0.05, 0) is 99.9 Å². The number of nitrogens with zero attached hydrogens (tertiary/aromatic N) is 2. The fraction of sp³-hybridized carbons (Fsp3) is 0.467. The zero-order chi connectivity index (χ0) is 26.7. The van der Waals surface area contributed by atoms with Crippen LogP contribution in [0.2, 0.25) is 0 Å². The van der Waals surface area contributed by atoms with Crippen LogP contribution < -0.4 is 20.9 Å². The summed E-state index contributed by atoms with van der Waals surface area (Å²) in [4.78, 5) is 6.14. The van der Waals surface area contributed by atoms with Gasteiger partial charge in [-0.25, -0.2) is 4.98 Å². The van der Waals surface area contributed by atoms with Crippen molar-refractivity contribution >= 4 is 17.2 Å². The van der Waals surface area contributed by atoms with E-state index in [2.05, 4.69) is 24.2 Å². The molecule has 0 saturated heterocycles. The van der Waals surface area contributed by atoms with E-state index < -0.39 is 0 Å². The minimum atomic E-state index is 0.0868. The van der Waals surface area contributed by atoms with Crippen molar-refractivity contribution in [3.63, 3.8) is 0 Å². The van der Waals surface area contributed by atoms with Crippen molar-refractivity contribution in [2.75, 3.05) is 13.2 Å². The van der Waals surface area contributed by atoms with Crippen LogP contribution in [-0.4, -0.2) is 35.3 Å². The van der Waals surface area contributed by atoms with Crippen LogP contribution >= 0.6 is 11.3 Å². The third-order valence-electron chi connectivity index (χ3n) is 7.19. The van der Waals surface area contributed by atoms with Crippen LogP contribution in [0.5, 0.6) is 11.5 Å². The molecule has 1 unspecified atom stereocenters. The lowest BCUT2D eigenvalue weighted by atomic mass is 9.83. The Morgan fingerprint density at radius 1 is 0.974 bits per heavy atom. The van der Waals surface area contributed by atoms with Gasteiger partial charge in [-0.2, -0.15) is 0 Å². The average Bonchev–Trinajstić information content (AvgIpc) is 3.32. The molecule has 1 aliphatic rings. The highest BCUT2D eigenvalue weighted by Gasteiger charge is 2.23. The highest BCUT2D eigenvalue weighted by atomic mass is 32.1. The first-order chi connectivity index (χ1) is 18.5. The van der Waals surface area contributed by atoms with Gasteiger partial charge in [-0.1, -0.05) is 24.4 Å². The molecular formula is C30H40N4O3S. The molecule has 0 amide bonds. The number of hydrogen-bond donors (Lipinski definition) is 3. The summed E-state index contributed by atoms with van der Waals surface area (Å²) in [7, 11) is 0. The maximum atomic E-state index is 8.72. The zero-order valence-corrected chi connectivity index (χ0v) is 23.1. The number of unbranched alkanes of at least 4 members (excludes halogenated alkanes) is 2. The van der Waals surface area contributed by atoms with Gasteiger partial charge >= 0.3 is 0 Å². The minimum absolute atomic E-state index is 0.0868. The summed E-state index contributed by atoms with van der Waals surface area (Å²) >= 11 is 1.78. The standard InChI is InChI=1S/C30H40N4O3S/c1-21-33-29(28(38-21)20-27(31)22-8-4-2-5-9-22)23-10-14-25(15-11-23)36-18-6-3-7-19-37-26-16-12-24(13-17-26)30(32)34-35/h10-17,22,27,35H,2-9,18-20,31H2,1H3,(H2,32,34). The number of benzene rings is 2. The van der Waals surface area contributed by atoms with E-state index in [1.54, 1.807) is 23.5 Å². The van der Waals surface area contributed by atoms with Crippen molar-refractivity contribution < 1.29 is 14.7 Å². The first-order valence-electron chi connectivity index (χ1n) is 13.7. The second-order valence-corrected chi connectivity index (χ2v) is 11.4. The maximum absolute atomic E-state index is 8.72. The summed E-state index contributed by atoms with van der Waals surface area (Å²) < 4.78 is 11.7. The van der Waals surface area contributed by atoms with Crippen LogP contribution in [0.1, 0.15) is 66.8 Å². The minimum Gasteiger partial charge on any atom is -0.494 e. The molecule has 38 heavy (non-hydrogen) atoms. The second kappa shape index (κ2) is 14.2. The van der Waals surface area contributed by atoms with Crippen molar-refractivity contribution in [3.05, 3.63) is 64.0 Å². The molecule has 1 aromatic heterocycles. The van der Waals surface area contributed by atoms with Crippen LogP contribution in [-0.2, 0) is 6.42 Å². The molecule has 0 bridgehead atoms. The van der Waals surface area contributed by atoms with Gasteiger partial charge in [0.1, 0.15) is 11.5 Å². The topological polar surface area (TPSA) is 116 Å². The maximum Gasteiger partial charge on any atom is 0.170 e. The molecule has 1 heterocycles. The number of rotatable bonds is 13. The lowest BCUT2D eigenvalue weighted by Crippen LogP contribution is -2.33. The lowest BCUT2D eigenvalue weighted by molar-refractivity contribution is 0.279. The number of amidine groups is 1. The molecule has 3 aromatic rings. The third-order valence-corrected chi connectivity index (χ3v) is 8.19. The van der Waals surface area contributed by atoms with Crippen molar-refractivity contribution in [2.45, 2.75) is 70.8 Å². The fourth-order valence-electron chi connectivity index (χ4n) is 5.03. The first-order valence-corrected chi connectivity index (χ1v) is 14.5. The van der Waals surface area contributed by atoms with Gasteiger partial charge in [-0.3, -0.25) is 0 Å². The monoisotopic (exact) mass is 536 g/mol. The number of aromatic nitrogens is 1. The van der Waals surface area contributed by atoms with Gasteiger partial charge in [0.15, 0.2) is 5.84 Å². The molecule has 0 spiro atoms. The molecule has 2 aromatic carbocycles. The Kier molecular flexibility index (Phi) is 10.4. The Labute approximate surface area is 229 Å². The Morgan fingerprint density at radius 3 is 2.18 bits per heavy atom. The highest BCUT2D eigenvalue weighted by molar-refractivity contribution is 7.12. The van der Waals surface area contributed by atoms with Gasteiger partial charge in [-0.15, -0.1) is 11.3 Å². The van der Waals surface area contributed by atoms with E-state index in [4.69, 9.17) is 31.1 Å². The van der Waals surface area contributed by atoms with Crippen LogP contribution in [0.15, 0.2) is 53.7 Å². The molecule has 204 valence electrons. The third kappa shape index (κ3) is 7.95. The molecule has 0 aliphatic heterocycles. The predicted molar refractivity (Wildman–Crippen MR) is 154 cm³/mol. The largest absolute Gasteiger partial charge is 0.494 e. The summed E-state index contributed by atoms with van der Waals surface area (Å²) in [5, 5.41) is 12.8. The van der Waals surface area contributed by atoms with Gasteiger partial charge in [0.05, 0.1) is 23.9 Å². The number of oxime groups is 1. The molecular weight excluding hydrogens is 496 g/mol. The van der Waals surface area contributed by atoms with Gasteiger partial charge in [0, 0.05) is 22.0 Å². The van der Waals surface area contributed by atoms with E-state index in [1.807, 2.05) is 24.3 Å². The van der Waals surface area contributed by atoms with E-state index in [0.29, 0.717) is 24.7 Å². The second-order valence-electron chi connectivity index (χ2n) is 10.1. The van der Waals surface area contributed by atoms with E-state index in [0.717, 1.165) is 53.4 Å². The molecule has 1 saturated carbocycles. The van der Waals surface area contributed by atoms with Crippen LogP contribution in [0, 0.1) is 12.8 Å². The first kappa shape index (κ1) is 27.9. The summed E-state index contributed by atoms with van der Waals surface area (Å²) in [6.45, 7) is 3.38. The van der Waals surface area contributed by atoms with Crippen LogP contribution in [0.25, 0.3) is 11.3 Å². The molecule has 4 rings (SSSR count). The summed E-state index contributed by atoms with van der Waals surface area (Å²) in [5.41, 5.74) is 15.1. The Hall–Kier alpha value is -3.10. The Balaban J connectivity index is 1.18. The van der Waals surface area contributed by atoms with Gasteiger partial charge < -0.3 is 26.1 Å². The molecule has 5 N–H and O–H groups in total. The van der Waals surface area contributed by atoms with E-state index in [1.165, 1.54) is 37.0 Å². The highest BCUT2D eigenvalue weighted by Crippen LogP contribution is 2.33. The molecule has 1 aliphatic carbocycles. The quantitative estimate of drug-likeness (QED) is 0.0777. The Bertz CT molecular complexity index is 1160. The molecule has 7 nitrogen and oxygen atoms in total. The molecule has 1 fully saturated rings. The van der Waals surface area contributed by atoms with Crippen LogP contribution in [0.3, 0.4) is 0 Å². The fourth-order valence-corrected chi connectivity index (χ4v) is 6.06. The van der Waals surface area contributed by atoms with E-state index >= 15 is 0 Å². The van der Waals surface area contributed by atoms with E-state index in [-0.39, 0.29) is 11.9 Å². The SMILES string of the molecule is Cc1nc(-c2ccc(OCCCCCOc3ccc(C(N)=NO)cc3)cc2)c(CC(N)C2CCCCC2)s1. The van der Waals surface area contributed by atoms with Crippen molar-refractivity contribution in [1.29, 1.82) is 0 Å². The van der Waals surface area contributed by atoms with Crippen molar-refractivity contribution in [1.82, 2.24) is 4.98 Å². The number of aryl methyl sites for hydroxylation is 1. The molecule has 8 heteroatoms. The summed E-state index contributed by atoms with van der Waals surface area (Å²) in [6.07, 6.45) is 10.3. The zero-order valence-electron chi connectivity index (χ0n) is 22.3. The van der Waals surface area contributed by atoms with Gasteiger partial charge in [0.25, 0.3) is 0 Å². The summed E-state index contributed by atoms with van der Waals surface area (Å²) in [5.74, 6) is 2.37. The molecule has 1 atom stereocenters.